The van der Waals surface area contributed by atoms with Crippen LogP contribution >= 0.6 is 22.9 Å². The van der Waals surface area contributed by atoms with Gasteiger partial charge in [-0.3, -0.25) is 0 Å². The molecule has 2 nitrogen and oxygen atoms in total. The average molecular weight is 259 g/mol. The Morgan fingerprint density at radius 3 is 3.12 bits per heavy atom. The van der Waals surface area contributed by atoms with E-state index in [0.29, 0.717) is 0 Å². The normalized spacial score (nSPS) is 21.8. The van der Waals surface area contributed by atoms with Gasteiger partial charge in [0.2, 0.25) is 0 Å². The fourth-order valence-electron chi connectivity index (χ4n) is 2.33. The molecular formula is C12H19ClN2S. The number of hydrogen-bond acceptors (Lipinski definition) is 3. The maximum atomic E-state index is 5.92. The molecule has 16 heavy (non-hydrogen) atoms. The zero-order chi connectivity index (χ0) is 11.4. The summed E-state index contributed by atoms with van der Waals surface area (Å²) in [5.74, 6) is 0.844. The van der Waals surface area contributed by atoms with Gasteiger partial charge in [-0.1, -0.05) is 11.6 Å². The summed E-state index contributed by atoms with van der Waals surface area (Å²) < 4.78 is 0.907. The topological polar surface area (TPSA) is 15.3 Å². The summed E-state index contributed by atoms with van der Waals surface area (Å²) >= 11 is 7.63. The van der Waals surface area contributed by atoms with Gasteiger partial charge < -0.3 is 10.2 Å². The van der Waals surface area contributed by atoms with Crippen molar-refractivity contribution < 1.29 is 0 Å². The predicted octanol–water partition coefficient (Wildman–Crippen LogP) is 2.49. The molecule has 0 amide bonds. The van der Waals surface area contributed by atoms with Crippen LogP contribution in [0.1, 0.15) is 11.3 Å². The van der Waals surface area contributed by atoms with Crippen molar-refractivity contribution in [2.45, 2.75) is 12.8 Å². The number of hydrogen-bond donors (Lipinski definition) is 1. The average Bonchev–Trinajstić information content (AvgIpc) is 2.85. The van der Waals surface area contributed by atoms with Crippen molar-refractivity contribution in [1.29, 1.82) is 0 Å². The maximum absolute atomic E-state index is 5.92. The largest absolute Gasteiger partial charge is 0.319 e. The summed E-state index contributed by atoms with van der Waals surface area (Å²) in [5, 5.41) is 3.27. The van der Waals surface area contributed by atoms with Crippen LogP contribution in [0, 0.1) is 5.92 Å². The lowest BCUT2D eigenvalue weighted by Gasteiger charge is -2.15. The van der Waals surface area contributed by atoms with Crippen molar-refractivity contribution in [3.05, 3.63) is 21.3 Å². The minimum Gasteiger partial charge on any atom is -0.319 e. The van der Waals surface area contributed by atoms with Gasteiger partial charge in [0.1, 0.15) is 0 Å². The Bertz CT molecular complexity index is 327. The first-order chi connectivity index (χ1) is 7.78. The standard InChI is InChI=1S/C12H19ClN2S/c1-14-8-10-4-6-15(9-10)7-5-11-2-3-12(13)16-11/h2-3,10,14H,4-9H2,1H3. The van der Waals surface area contributed by atoms with Gasteiger partial charge in [-0.15, -0.1) is 11.3 Å². The zero-order valence-electron chi connectivity index (χ0n) is 9.71. The zero-order valence-corrected chi connectivity index (χ0v) is 11.3. The number of nitrogens with one attached hydrogen (secondary N) is 1. The minimum absolute atomic E-state index is 0.844. The van der Waals surface area contributed by atoms with Crippen molar-refractivity contribution in [3.8, 4) is 0 Å². The highest BCUT2D eigenvalue weighted by Crippen LogP contribution is 2.23. The number of halogens is 1. The Labute approximate surface area is 107 Å². The number of rotatable bonds is 5. The van der Waals surface area contributed by atoms with Gasteiger partial charge in [0.15, 0.2) is 0 Å². The van der Waals surface area contributed by atoms with Crippen LogP contribution in [0.5, 0.6) is 0 Å². The molecule has 1 aromatic rings. The summed E-state index contributed by atoms with van der Waals surface area (Å²) in [6.45, 7) is 4.84. The predicted molar refractivity (Wildman–Crippen MR) is 71.5 cm³/mol. The fourth-order valence-corrected chi connectivity index (χ4v) is 3.40. The van der Waals surface area contributed by atoms with Gasteiger partial charge in [-0.2, -0.15) is 0 Å². The molecule has 0 saturated carbocycles. The van der Waals surface area contributed by atoms with E-state index in [9.17, 15) is 0 Å². The van der Waals surface area contributed by atoms with Gasteiger partial charge in [-0.05, 0) is 51.0 Å². The van der Waals surface area contributed by atoms with Crippen molar-refractivity contribution in [2.24, 2.45) is 5.92 Å². The molecule has 90 valence electrons. The van der Waals surface area contributed by atoms with E-state index in [0.717, 1.165) is 23.2 Å². The smallest absolute Gasteiger partial charge is 0.0931 e. The highest BCUT2D eigenvalue weighted by molar-refractivity contribution is 7.16. The second-order valence-electron chi connectivity index (χ2n) is 4.47. The Morgan fingerprint density at radius 1 is 1.56 bits per heavy atom. The highest BCUT2D eigenvalue weighted by Gasteiger charge is 2.21. The van der Waals surface area contributed by atoms with Crippen LogP contribution < -0.4 is 5.32 Å². The monoisotopic (exact) mass is 258 g/mol. The molecule has 2 rings (SSSR count). The number of thiophene rings is 1. The minimum atomic E-state index is 0.844. The van der Waals surface area contributed by atoms with Crippen LogP contribution in [0.2, 0.25) is 4.34 Å². The molecule has 1 N–H and O–H groups in total. The van der Waals surface area contributed by atoms with E-state index in [4.69, 9.17) is 11.6 Å². The molecule has 1 saturated heterocycles. The maximum Gasteiger partial charge on any atom is 0.0931 e. The third-order valence-corrected chi connectivity index (χ3v) is 4.46. The Kier molecular flexibility index (Phi) is 4.65. The molecule has 1 unspecified atom stereocenters. The number of likely N-dealkylation sites (tertiary alicyclic amines) is 1. The van der Waals surface area contributed by atoms with Crippen LogP contribution in [-0.4, -0.2) is 38.1 Å². The number of nitrogens with zero attached hydrogens (tertiary/aromatic N) is 1. The lowest BCUT2D eigenvalue weighted by molar-refractivity contribution is 0.328. The molecule has 0 aliphatic carbocycles. The molecule has 0 aromatic carbocycles. The first-order valence-electron chi connectivity index (χ1n) is 5.89. The van der Waals surface area contributed by atoms with Crippen LogP contribution in [0.15, 0.2) is 12.1 Å². The summed E-state index contributed by atoms with van der Waals surface area (Å²) in [5.41, 5.74) is 0. The Hall–Kier alpha value is -0.0900. The molecule has 0 bridgehead atoms. The van der Waals surface area contributed by atoms with E-state index in [-0.39, 0.29) is 0 Å². The van der Waals surface area contributed by atoms with Gasteiger partial charge in [-0.25, -0.2) is 0 Å². The summed E-state index contributed by atoms with van der Waals surface area (Å²) in [7, 11) is 2.04. The molecule has 1 atom stereocenters. The highest BCUT2D eigenvalue weighted by atomic mass is 35.5. The molecule has 1 aromatic heterocycles. The van der Waals surface area contributed by atoms with Crippen molar-refractivity contribution in [2.75, 3.05) is 33.2 Å². The van der Waals surface area contributed by atoms with E-state index in [1.54, 1.807) is 11.3 Å². The lowest BCUT2D eigenvalue weighted by Crippen LogP contribution is -2.26. The molecule has 0 radical (unpaired) electrons. The SMILES string of the molecule is CNCC1CCN(CCc2ccc(Cl)s2)C1. The molecule has 1 fully saturated rings. The summed E-state index contributed by atoms with van der Waals surface area (Å²) in [6.07, 6.45) is 2.48. The van der Waals surface area contributed by atoms with Crippen LogP contribution in [0.4, 0.5) is 0 Å². The van der Waals surface area contributed by atoms with E-state index in [1.165, 1.54) is 30.9 Å². The van der Waals surface area contributed by atoms with Crippen LogP contribution in [-0.2, 0) is 6.42 Å². The van der Waals surface area contributed by atoms with Crippen LogP contribution in [0.25, 0.3) is 0 Å². The molecule has 1 aliphatic heterocycles. The second kappa shape index (κ2) is 6.01. The van der Waals surface area contributed by atoms with Gasteiger partial charge >= 0.3 is 0 Å². The van der Waals surface area contributed by atoms with Crippen molar-refractivity contribution in [1.82, 2.24) is 10.2 Å². The molecule has 1 aliphatic rings. The van der Waals surface area contributed by atoms with Crippen molar-refractivity contribution >= 4 is 22.9 Å². The fraction of sp³-hybridized carbons (Fsp3) is 0.667. The van der Waals surface area contributed by atoms with E-state index >= 15 is 0 Å². The van der Waals surface area contributed by atoms with E-state index < -0.39 is 0 Å². The third kappa shape index (κ3) is 3.45. The Balaban J connectivity index is 1.71. The second-order valence-corrected chi connectivity index (χ2v) is 6.27. The quantitative estimate of drug-likeness (QED) is 0.873. The molecule has 2 heterocycles. The van der Waals surface area contributed by atoms with Gasteiger partial charge in [0.05, 0.1) is 4.34 Å². The van der Waals surface area contributed by atoms with Gasteiger partial charge in [0, 0.05) is 18.0 Å². The Morgan fingerprint density at radius 2 is 2.44 bits per heavy atom. The molecular weight excluding hydrogens is 240 g/mol. The summed E-state index contributed by atoms with van der Waals surface area (Å²) in [6, 6.07) is 4.14. The van der Waals surface area contributed by atoms with E-state index in [1.807, 2.05) is 13.1 Å². The molecule has 0 spiro atoms. The van der Waals surface area contributed by atoms with Gasteiger partial charge in [0.25, 0.3) is 0 Å². The molecule has 4 heteroatoms. The summed E-state index contributed by atoms with van der Waals surface area (Å²) in [4.78, 5) is 3.97. The first kappa shape index (κ1) is 12.4. The first-order valence-corrected chi connectivity index (χ1v) is 7.08. The van der Waals surface area contributed by atoms with Crippen LogP contribution in [0.3, 0.4) is 0 Å². The van der Waals surface area contributed by atoms with E-state index in [2.05, 4.69) is 16.3 Å². The third-order valence-electron chi connectivity index (χ3n) is 3.17. The van der Waals surface area contributed by atoms with Crippen molar-refractivity contribution in [3.63, 3.8) is 0 Å². The lowest BCUT2D eigenvalue weighted by atomic mass is 10.1.